The number of carboxylic acid groups (broad SMARTS) is 1. The van der Waals surface area contributed by atoms with E-state index >= 15 is 0 Å². The van der Waals surface area contributed by atoms with Gasteiger partial charge in [-0.25, -0.2) is 4.79 Å². The number of carbonyl (C=O) groups is 2. The van der Waals surface area contributed by atoms with Crippen LogP contribution in [0, 0.1) is 11.3 Å². The first-order valence-corrected chi connectivity index (χ1v) is 7.99. The lowest BCUT2D eigenvalue weighted by Crippen LogP contribution is -2.52. The van der Waals surface area contributed by atoms with Gasteiger partial charge in [0.05, 0.1) is 6.42 Å². The monoisotopic (exact) mass is 298 g/mol. The van der Waals surface area contributed by atoms with E-state index in [-0.39, 0.29) is 30.0 Å². The van der Waals surface area contributed by atoms with Crippen LogP contribution in [-0.2, 0) is 4.79 Å². The van der Waals surface area contributed by atoms with Crippen molar-refractivity contribution in [1.29, 1.82) is 0 Å². The Balaban J connectivity index is 2.58. The molecule has 0 heterocycles. The SMILES string of the molecule is CC1CCCCCC1NC(=O)NC(CC(=O)O)C(C)(C)C. The molecular weight excluding hydrogens is 268 g/mol. The summed E-state index contributed by atoms with van der Waals surface area (Å²) in [6.45, 7) is 7.99. The summed E-state index contributed by atoms with van der Waals surface area (Å²) in [6, 6.07) is -0.427. The van der Waals surface area contributed by atoms with Gasteiger partial charge in [-0.3, -0.25) is 4.79 Å². The molecule has 0 radical (unpaired) electrons. The van der Waals surface area contributed by atoms with E-state index in [1.165, 1.54) is 12.8 Å². The summed E-state index contributed by atoms with van der Waals surface area (Å²) in [5, 5.41) is 14.9. The lowest BCUT2D eigenvalue weighted by molar-refractivity contribution is -0.138. The first-order chi connectivity index (χ1) is 9.70. The molecule has 5 nitrogen and oxygen atoms in total. The number of carbonyl (C=O) groups excluding carboxylic acids is 1. The van der Waals surface area contributed by atoms with Gasteiger partial charge in [-0.15, -0.1) is 0 Å². The van der Waals surface area contributed by atoms with Crippen molar-refractivity contribution in [1.82, 2.24) is 10.6 Å². The zero-order valence-electron chi connectivity index (χ0n) is 13.7. The van der Waals surface area contributed by atoms with Crippen LogP contribution in [0.15, 0.2) is 0 Å². The van der Waals surface area contributed by atoms with Crippen LogP contribution >= 0.6 is 0 Å². The molecule has 1 saturated carbocycles. The second kappa shape index (κ2) is 7.66. The molecule has 3 N–H and O–H groups in total. The zero-order valence-corrected chi connectivity index (χ0v) is 13.7. The summed E-state index contributed by atoms with van der Waals surface area (Å²) in [5.74, 6) is -0.413. The fourth-order valence-electron chi connectivity index (χ4n) is 2.82. The van der Waals surface area contributed by atoms with Crippen molar-refractivity contribution in [3.05, 3.63) is 0 Å². The fourth-order valence-corrected chi connectivity index (χ4v) is 2.82. The summed E-state index contributed by atoms with van der Waals surface area (Å²) in [6.07, 6.45) is 5.69. The number of urea groups is 1. The molecule has 0 bridgehead atoms. The second-order valence-corrected chi connectivity index (χ2v) is 7.36. The van der Waals surface area contributed by atoms with Gasteiger partial charge >= 0.3 is 12.0 Å². The van der Waals surface area contributed by atoms with Gasteiger partial charge in [0.1, 0.15) is 0 Å². The summed E-state index contributed by atoms with van der Waals surface area (Å²) in [7, 11) is 0. The molecule has 21 heavy (non-hydrogen) atoms. The number of hydrogen-bond donors (Lipinski definition) is 3. The predicted octanol–water partition coefficient (Wildman–Crippen LogP) is 3.14. The Kier molecular flexibility index (Phi) is 6.49. The Morgan fingerprint density at radius 1 is 1.19 bits per heavy atom. The van der Waals surface area contributed by atoms with Gasteiger partial charge in [0.2, 0.25) is 0 Å². The van der Waals surface area contributed by atoms with E-state index in [0.29, 0.717) is 5.92 Å². The van der Waals surface area contributed by atoms with Gasteiger partial charge < -0.3 is 15.7 Å². The molecule has 1 aliphatic rings. The van der Waals surface area contributed by atoms with E-state index in [0.717, 1.165) is 19.3 Å². The maximum Gasteiger partial charge on any atom is 0.315 e. The molecule has 5 heteroatoms. The van der Waals surface area contributed by atoms with E-state index in [9.17, 15) is 9.59 Å². The summed E-state index contributed by atoms with van der Waals surface area (Å²) >= 11 is 0. The van der Waals surface area contributed by atoms with Crippen molar-refractivity contribution in [2.75, 3.05) is 0 Å². The molecule has 0 aromatic carbocycles. The first-order valence-electron chi connectivity index (χ1n) is 7.99. The van der Waals surface area contributed by atoms with Crippen LogP contribution in [0.25, 0.3) is 0 Å². The normalized spacial score (nSPS) is 24.8. The van der Waals surface area contributed by atoms with Crippen LogP contribution in [0.4, 0.5) is 4.79 Å². The third-order valence-corrected chi connectivity index (χ3v) is 4.41. The smallest absolute Gasteiger partial charge is 0.315 e. The highest BCUT2D eigenvalue weighted by atomic mass is 16.4. The zero-order chi connectivity index (χ0) is 16.0. The van der Waals surface area contributed by atoms with Gasteiger partial charge in [0.15, 0.2) is 0 Å². The minimum Gasteiger partial charge on any atom is -0.481 e. The average Bonchev–Trinajstić information content (AvgIpc) is 2.52. The molecule has 0 saturated heterocycles. The van der Waals surface area contributed by atoms with Gasteiger partial charge in [0.25, 0.3) is 0 Å². The molecule has 122 valence electrons. The van der Waals surface area contributed by atoms with Crippen molar-refractivity contribution in [2.24, 2.45) is 11.3 Å². The van der Waals surface area contributed by atoms with E-state index in [1.807, 2.05) is 20.8 Å². The molecule has 2 amide bonds. The fraction of sp³-hybridized carbons (Fsp3) is 0.875. The Labute approximate surface area is 127 Å². The number of amides is 2. The summed E-state index contributed by atoms with van der Waals surface area (Å²) in [5.41, 5.74) is -0.287. The van der Waals surface area contributed by atoms with E-state index in [2.05, 4.69) is 17.6 Å². The third-order valence-electron chi connectivity index (χ3n) is 4.41. The van der Waals surface area contributed by atoms with Crippen molar-refractivity contribution < 1.29 is 14.7 Å². The van der Waals surface area contributed by atoms with E-state index in [4.69, 9.17) is 5.11 Å². The topological polar surface area (TPSA) is 78.4 Å². The Bertz CT molecular complexity index is 363. The van der Waals surface area contributed by atoms with Gasteiger partial charge in [-0.2, -0.15) is 0 Å². The third kappa shape index (κ3) is 6.36. The standard InChI is InChI=1S/C16H30N2O3/c1-11-8-6-5-7-9-12(11)17-15(21)18-13(10-14(19)20)16(2,3)4/h11-13H,5-10H2,1-4H3,(H,19,20)(H2,17,18,21). The van der Waals surface area contributed by atoms with E-state index < -0.39 is 5.97 Å². The molecule has 1 rings (SSSR count). The number of aliphatic carboxylic acids is 1. The minimum absolute atomic E-state index is 0.0584. The molecule has 0 aliphatic heterocycles. The Morgan fingerprint density at radius 3 is 2.38 bits per heavy atom. The van der Waals surface area contributed by atoms with Crippen LogP contribution in [0.2, 0.25) is 0 Å². The van der Waals surface area contributed by atoms with Crippen molar-refractivity contribution in [3.8, 4) is 0 Å². The van der Waals surface area contributed by atoms with Gasteiger partial charge in [0, 0.05) is 12.1 Å². The average molecular weight is 298 g/mol. The van der Waals surface area contributed by atoms with Gasteiger partial charge in [-0.05, 0) is 24.2 Å². The van der Waals surface area contributed by atoms with Crippen molar-refractivity contribution in [2.45, 2.75) is 78.3 Å². The van der Waals surface area contributed by atoms with Crippen LogP contribution in [0.1, 0.15) is 66.2 Å². The highest BCUT2D eigenvalue weighted by molar-refractivity contribution is 5.76. The maximum atomic E-state index is 12.2. The number of hydrogen-bond acceptors (Lipinski definition) is 2. The van der Waals surface area contributed by atoms with Crippen LogP contribution < -0.4 is 10.6 Å². The summed E-state index contributed by atoms with van der Waals surface area (Å²) in [4.78, 5) is 23.1. The number of nitrogens with one attached hydrogen (secondary N) is 2. The number of carboxylic acids is 1. The molecule has 1 aliphatic carbocycles. The quantitative estimate of drug-likeness (QED) is 0.698. The molecule has 3 unspecified atom stereocenters. The maximum absolute atomic E-state index is 12.2. The lowest BCUT2D eigenvalue weighted by Gasteiger charge is -2.31. The Hall–Kier alpha value is -1.26. The minimum atomic E-state index is -0.891. The van der Waals surface area contributed by atoms with Gasteiger partial charge in [-0.1, -0.05) is 47.0 Å². The first kappa shape index (κ1) is 17.8. The van der Waals surface area contributed by atoms with Crippen LogP contribution in [0.5, 0.6) is 0 Å². The predicted molar refractivity (Wildman–Crippen MR) is 83.2 cm³/mol. The summed E-state index contributed by atoms with van der Waals surface area (Å²) < 4.78 is 0. The van der Waals surface area contributed by atoms with E-state index in [1.54, 1.807) is 0 Å². The second-order valence-electron chi connectivity index (χ2n) is 7.36. The molecule has 0 spiro atoms. The molecular formula is C16H30N2O3. The highest BCUT2D eigenvalue weighted by Crippen LogP contribution is 2.24. The largest absolute Gasteiger partial charge is 0.481 e. The molecule has 3 atom stereocenters. The lowest BCUT2D eigenvalue weighted by atomic mass is 9.85. The highest BCUT2D eigenvalue weighted by Gasteiger charge is 2.29. The molecule has 1 fully saturated rings. The van der Waals surface area contributed by atoms with Crippen LogP contribution in [0.3, 0.4) is 0 Å². The number of rotatable bonds is 4. The van der Waals surface area contributed by atoms with Crippen molar-refractivity contribution >= 4 is 12.0 Å². The van der Waals surface area contributed by atoms with Crippen molar-refractivity contribution in [3.63, 3.8) is 0 Å². The van der Waals surface area contributed by atoms with Crippen LogP contribution in [-0.4, -0.2) is 29.2 Å². The molecule has 0 aromatic rings. The molecule has 0 aromatic heterocycles. The Morgan fingerprint density at radius 2 is 1.81 bits per heavy atom.